The molecule has 2 amide bonds. The van der Waals surface area contributed by atoms with Crippen molar-refractivity contribution < 1.29 is 26.8 Å². The fourth-order valence-corrected chi connectivity index (χ4v) is 5.26. The number of amides is 2. The van der Waals surface area contributed by atoms with Gasteiger partial charge in [-0.2, -0.15) is 0 Å². The number of nitrogens with zero attached hydrogens (tertiary/aromatic N) is 2. The summed E-state index contributed by atoms with van der Waals surface area (Å²) in [5, 5.41) is 0. The molecule has 148 valence electrons. The second-order valence-electron chi connectivity index (χ2n) is 7.05. The van der Waals surface area contributed by atoms with Gasteiger partial charge in [-0.15, -0.1) is 0 Å². The molecule has 0 spiro atoms. The first kappa shape index (κ1) is 19.7. The molecule has 6 nitrogen and oxygen atoms in total. The molecule has 2 aliphatic rings. The van der Waals surface area contributed by atoms with Crippen LogP contribution in [0.5, 0.6) is 0 Å². The Hall–Kier alpha value is -2.03. The Bertz CT molecular complexity index is 836. The van der Waals surface area contributed by atoms with Gasteiger partial charge in [0.2, 0.25) is 11.8 Å². The van der Waals surface area contributed by atoms with E-state index in [4.69, 9.17) is 0 Å². The Morgan fingerprint density at radius 1 is 1.04 bits per heavy atom. The molecule has 2 saturated heterocycles. The van der Waals surface area contributed by atoms with E-state index in [9.17, 15) is 26.8 Å². The number of sulfone groups is 1. The van der Waals surface area contributed by atoms with Crippen molar-refractivity contribution in [3.63, 3.8) is 0 Å². The largest absolute Gasteiger partial charge is 0.339 e. The van der Waals surface area contributed by atoms with Gasteiger partial charge in [-0.05, 0) is 30.5 Å². The van der Waals surface area contributed by atoms with Crippen LogP contribution in [0.2, 0.25) is 0 Å². The summed E-state index contributed by atoms with van der Waals surface area (Å²) in [5.41, 5.74) is 0.554. The quantitative estimate of drug-likeness (QED) is 0.756. The van der Waals surface area contributed by atoms with E-state index in [2.05, 4.69) is 0 Å². The number of hydrogen-bond donors (Lipinski definition) is 0. The number of carbonyl (C=O) groups is 2. The molecular weight excluding hydrogens is 378 g/mol. The molecule has 0 aromatic heterocycles. The molecule has 0 saturated carbocycles. The van der Waals surface area contributed by atoms with E-state index in [0.717, 1.165) is 12.1 Å². The van der Waals surface area contributed by atoms with Gasteiger partial charge < -0.3 is 9.80 Å². The highest BCUT2D eigenvalue weighted by Crippen LogP contribution is 2.21. The van der Waals surface area contributed by atoms with E-state index in [1.807, 2.05) is 0 Å². The van der Waals surface area contributed by atoms with Crippen molar-refractivity contribution in [2.75, 3.05) is 37.7 Å². The van der Waals surface area contributed by atoms with Gasteiger partial charge in [0.15, 0.2) is 21.5 Å². The van der Waals surface area contributed by atoms with Gasteiger partial charge in [-0.3, -0.25) is 9.59 Å². The number of carbonyl (C=O) groups excluding carboxylic acids is 2. The average molecular weight is 400 g/mol. The lowest BCUT2D eigenvalue weighted by atomic mass is 10.1. The summed E-state index contributed by atoms with van der Waals surface area (Å²) in [5.74, 6) is -2.59. The van der Waals surface area contributed by atoms with Crippen molar-refractivity contribution in [3.05, 3.63) is 35.4 Å². The number of piperazine rings is 1. The van der Waals surface area contributed by atoms with Gasteiger partial charge in [0.1, 0.15) is 0 Å². The van der Waals surface area contributed by atoms with Crippen LogP contribution in [0.1, 0.15) is 18.4 Å². The topological polar surface area (TPSA) is 74.8 Å². The SMILES string of the molecule is O=C(CCc1ccc(F)c(F)c1)N1CCN(C(=O)[C@@H]2CCS(=O)(=O)C2)CC1. The molecule has 2 fully saturated rings. The third-order valence-corrected chi connectivity index (χ3v) is 6.91. The van der Waals surface area contributed by atoms with Gasteiger partial charge in [0.25, 0.3) is 0 Å². The highest BCUT2D eigenvalue weighted by atomic mass is 32.2. The average Bonchev–Trinajstić information content (AvgIpc) is 3.02. The molecule has 1 atom stereocenters. The van der Waals surface area contributed by atoms with Crippen LogP contribution in [0.4, 0.5) is 8.78 Å². The maximum absolute atomic E-state index is 13.2. The third kappa shape index (κ3) is 4.82. The Labute approximate surface area is 157 Å². The lowest BCUT2D eigenvalue weighted by Crippen LogP contribution is -2.52. The van der Waals surface area contributed by atoms with Crippen LogP contribution in [0.3, 0.4) is 0 Å². The predicted molar refractivity (Wildman–Crippen MR) is 94.6 cm³/mol. The molecule has 0 radical (unpaired) electrons. The molecule has 1 aromatic rings. The summed E-state index contributed by atoms with van der Waals surface area (Å²) < 4.78 is 49.2. The van der Waals surface area contributed by atoms with E-state index >= 15 is 0 Å². The molecule has 0 aliphatic carbocycles. The standard InChI is InChI=1S/C18H22F2N2O4S/c19-15-3-1-13(11-16(15)20)2-4-17(23)21-6-8-22(9-7-21)18(24)14-5-10-27(25,26)12-14/h1,3,11,14H,2,4-10,12H2/t14-/m1/s1. The van der Waals surface area contributed by atoms with Gasteiger partial charge in [-0.25, -0.2) is 17.2 Å². The van der Waals surface area contributed by atoms with Crippen molar-refractivity contribution in [1.29, 1.82) is 0 Å². The minimum Gasteiger partial charge on any atom is -0.339 e. The zero-order valence-corrected chi connectivity index (χ0v) is 15.7. The minimum absolute atomic E-state index is 0.0613. The van der Waals surface area contributed by atoms with Gasteiger partial charge >= 0.3 is 0 Å². The summed E-state index contributed by atoms with van der Waals surface area (Å²) in [7, 11) is -3.11. The summed E-state index contributed by atoms with van der Waals surface area (Å²) in [6, 6.07) is 3.59. The highest BCUT2D eigenvalue weighted by Gasteiger charge is 2.36. The summed E-state index contributed by atoms with van der Waals surface area (Å²) >= 11 is 0. The van der Waals surface area contributed by atoms with Crippen molar-refractivity contribution >= 4 is 21.7 Å². The second-order valence-corrected chi connectivity index (χ2v) is 9.28. The number of benzene rings is 1. The molecule has 0 unspecified atom stereocenters. The van der Waals surface area contributed by atoms with E-state index in [1.165, 1.54) is 6.07 Å². The van der Waals surface area contributed by atoms with Gasteiger partial charge in [0.05, 0.1) is 17.4 Å². The summed E-state index contributed by atoms with van der Waals surface area (Å²) in [4.78, 5) is 28.0. The Morgan fingerprint density at radius 3 is 2.30 bits per heavy atom. The summed E-state index contributed by atoms with van der Waals surface area (Å²) in [6.07, 6.45) is 0.865. The smallest absolute Gasteiger partial charge is 0.226 e. The fraction of sp³-hybridized carbons (Fsp3) is 0.556. The molecule has 2 aliphatic heterocycles. The number of aryl methyl sites for hydroxylation is 1. The summed E-state index contributed by atoms with van der Waals surface area (Å²) in [6.45, 7) is 1.54. The van der Waals surface area contributed by atoms with Crippen LogP contribution in [-0.4, -0.2) is 67.7 Å². The molecular formula is C18H22F2N2O4S. The molecule has 9 heteroatoms. The van der Waals surface area contributed by atoms with Crippen molar-refractivity contribution in [2.45, 2.75) is 19.3 Å². The Kier molecular flexibility index (Phi) is 5.78. The van der Waals surface area contributed by atoms with Crippen LogP contribution in [-0.2, 0) is 25.8 Å². The lowest BCUT2D eigenvalue weighted by molar-refractivity contribution is -0.141. The first-order valence-electron chi connectivity index (χ1n) is 8.96. The van der Waals surface area contributed by atoms with Crippen molar-refractivity contribution in [2.24, 2.45) is 5.92 Å². The van der Waals surface area contributed by atoms with Gasteiger partial charge in [-0.1, -0.05) is 6.07 Å². The second kappa shape index (κ2) is 7.92. The Balaban J connectivity index is 1.46. The minimum atomic E-state index is -3.11. The van der Waals surface area contributed by atoms with Crippen LogP contribution < -0.4 is 0 Å². The molecule has 0 bridgehead atoms. The first-order valence-corrected chi connectivity index (χ1v) is 10.8. The molecule has 3 rings (SSSR count). The Morgan fingerprint density at radius 2 is 1.70 bits per heavy atom. The lowest BCUT2D eigenvalue weighted by Gasteiger charge is -2.36. The molecule has 27 heavy (non-hydrogen) atoms. The van der Waals surface area contributed by atoms with E-state index < -0.39 is 27.4 Å². The number of halogens is 2. The van der Waals surface area contributed by atoms with Crippen LogP contribution in [0.25, 0.3) is 0 Å². The highest BCUT2D eigenvalue weighted by molar-refractivity contribution is 7.91. The van der Waals surface area contributed by atoms with Crippen LogP contribution >= 0.6 is 0 Å². The molecule has 2 heterocycles. The van der Waals surface area contributed by atoms with Crippen molar-refractivity contribution in [1.82, 2.24) is 9.80 Å². The van der Waals surface area contributed by atoms with Crippen LogP contribution in [0, 0.1) is 17.6 Å². The number of hydrogen-bond acceptors (Lipinski definition) is 4. The maximum atomic E-state index is 13.2. The van der Waals surface area contributed by atoms with Gasteiger partial charge in [0, 0.05) is 32.6 Å². The zero-order chi connectivity index (χ0) is 19.6. The van der Waals surface area contributed by atoms with Crippen LogP contribution in [0.15, 0.2) is 18.2 Å². The molecule has 1 aromatic carbocycles. The van der Waals surface area contributed by atoms with E-state index in [0.29, 0.717) is 44.6 Å². The monoisotopic (exact) mass is 400 g/mol. The normalized spacial score (nSPS) is 22.1. The third-order valence-electron chi connectivity index (χ3n) is 5.14. The van der Waals surface area contributed by atoms with E-state index in [1.54, 1.807) is 9.80 Å². The first-order chi connectivity index (χ1) is 12.7. The predicted octanol–water partition coefficient (Wildman–Crippen LogP) is 1.00. The van der Waals surface area contributed by atoms with Crippen molar-refractivity contribution in [3.8, 4) is 0 Å². The van der Waals surface area contributed by atoms with E-state index in [-0.39, 0.29) is 29.7 Å². The molecule has 0 N–H and O–H groups in total. The maximum Gasteiger partial charge on any atom is 0.226 e. The zero-order valence-electron chi connectivity index (χ0n) is 14.9. The fourth-order valence-electron chi connectivity index (χ4n) is 3.53. The number of rotatable bonds is 4.